The molecule has 1 aromatic carbocycles. The summed E-state index contributed by atoms with van der Waals surface area (Å²) in [5, 5.41) is 0. The normalized spacial score (nSPS) is 14.4. The van der Waals surface area contributed by atoms with E-state index in [0.29, 0.717) is 0 Å². The maximum Gasteiger partial charge on any atom is -0.00549 e. The first kappa shape index (κ1) is 12.4. The quantitative estimate of drug-likeness (QED) is 0.684. The molecule has 0 radical (unpaired) electrons. The average molecular weight is 228 g/mol. The lowest BCUT2D eigenvalue weighted by atomic mass is 9.93. The fraction of sp³-hybridized carbons (Fsp3) is 0.529. The van der Waals surface area contributed by atoms with Gasteiger partial charge in [-0.2, -0.15) is 0 Å². The third kappa shape index (κ3) is 2.06. The molecular formula is C17H24. The van der Waals surface area contributed by atoms with Gasteiger partial charge in [-0.05, 0) is 59.9 Å². The van der Waals surface area contributed by atoms with E-state index in [9.17, 15) is 0 Å². The third-order valence-corrected chi connectivity index (χ3v) is 4.06. The highest BCUT2D eigenvalue weighted by atomic mass is 14.3. The number of fused-ring (bicyclic) bond motifs is 1. The molecule has 2 rings (SSSR count). The van der Waals surface area contributed by atoms with Crippen LogP contribution in [0.15, 0.2) is 17.7 Å². The predicted molar refractivity (Wildman–Crippen MR) is 76.4 cm³/mol. The summed E-state index contributed by atoms with van der Waals surface area (Å²) in [6.45, 7) is 9.13. The molecule has 0 aromatic heterocycles. The molecule has 0 saturated heterocycles. The maximum atomic E-state index is 2.44. The molecular weight excluding hydrogens is 204 g/mol. The van der Waals surface area contributed by atoms with Gasteiger partial charge in [0.05, 0.1) is 0 Å². The molecule has 0 saturated carbocycles. The summed E-state index contributed by atoms with van der Waals surface area (Å²) >= 11 is 0. The van der Waals surface area contributed by atoms with Gasteiger partial charge in [-0.1, -0.05) is 45.4 Å². The Balaban J connectivity index is 2.57. The zero-order chi connectivity index (χ0) is 12.4. The SMILES string of the molecule is CCC1=C(CC)c2c(CC)cc(CC)cc2C1. The van der Waals surface area contributed by atoms with Crippen molar-refractivity contribution in [3.63, 3.8) is 0 Å². The fourth-order valence-electron chi connectivity index (χ4n) is 3.13. The Morgan fingerprint density at radius 1 is 0.882 bits per heavy atom. The minimum Gasteiger partial charge on any atom is -0.0623 e. The molecule has 1 aliphatic rings. The molecule has 0 bridgehead atoms. The van der Waals surface area contributed by atoms with Gasteiger partial charge in [-0.25, -0.2) is 0 Å². The van der Waals surface area contributed by atoms with E-state index in [1.165, 1.54) is 24.8 Å². The van der Waals surface area contributed by atoms with E-state index in [-0.39, 0.29) is 0 Å². The second-order valence-electron chi connectivity index (χ2n) is 4.96. The maximum absolute atomic E-state index is 2.44. The largest absolute Gasteiger partial charge is 0.0623 e. The van der Waals surface area contributed by atoms with Gasteiger partial charge in [0, 0.05) is 0 Å². The molecule has 0 spiro atoms. The zero-order valence-corrected chi connectivity index (χ0v) is 11.7. The van der Waals surface area contributed by atoms with Crippen LogP contribution in [0, 0.1) is 0 Å². The van der Waals surface area contributed by atoms with Crippen molar-refractivity contribution in [2.24, 2.45) is 0 Å². The Labute approximate surface area is 106 Å². The van der Waals surface area contributed by atoms with Gasteiger partial charge in [-0.3, -0.25) is 0 Å². The van der Waals surface area contributed by atoms with Crippen molar-refractivity contribution in [1.82, 2.24) is 0 Å². The van der Waals surface area contributed by atoms with Crippen LogP contribution in [0.5, 0.6) is 0 Å². The highest BCUT2D eigenvalue weighted by Gasteiger charge is 2.22. The number of hydrogen-bond donors (Lipinski definition) is 0. The Morgan fingerprint density at radius 3 is 2.18 bits per heavy atom. The Morgan fingerprint density at radius 2 is 1.65 bits per heavy atom. The molecule has 0 fully saturated rings. The van der Waals surface area contributed by atoms with Crippen LogP contribution < -0.4 is 0 Å². The van der Waals surface area contributed by atoms with Crippen molar-refractivity contribution in [3.8, 4) is 0 Å². The first-order chi connectivity index (χ1) is 8.24. The number of aryl methyl sites for hydroxylation is 2. The van der Waals surface area contributed by atoms with Gasteiger partial charge in [0.2, 0.25) is 0 Å². The summed E-state index contributed by atoms with van der Waals surface area (Å²) in [4.78, 5) is 0. The Kier molecular flexibility index (Phi) is 3.71. The monoisotopic (exact) mass is 228 g/mol. The van der Waals surface area contributed by atoms with Crippen LogP contribution in [-0.4, -0.2) is 0 Å². The van der Waals surface area contributed by atoms with Gasteiger partial charge in [-0.15, -0.1) is 0 Å². The number of benzene rings is 1. The van der Waals surface area contributed by atoms with Crippen LogP contribution in [0.3, 0.4) is 0 Å². The van der Waals surface area contributed by atoms with E-state index in [2.05, 4.69) is 39.8 Å². The minimum absolute atomic E-state index is 1.16. The lowest BCUT2D eigenvalue weighted by molar-refractivity contribution is 1.02. The first-order valence-electron chi connectivity index (χ1n) is 7.10. The molecule has 1 aliphatic carbocycles. The molecule has 0 N–H and O–H groups in total. The summed E-state index contributed by atoms with van der Waals surface area (Å²) < 4.78 is 0. The van der Waals surface area contributed by atoms with Crippen molar-refractivity contribution >= 4 is 5.57 Å². The van der Waals surface area contributed by atoms with Crippen LogP contribution in [0.2, 0.25) is 0 Å². The lowest BCUT2D eigenvalue weighted by Crippen LogP contribution is -1.96. The molecule has 17 heavy (non-hydrogen) atoms. The van der Waals surface area contributed by atoms with Crippen molar-refractivity contribution in [1.29, 1.82) is 0 Å². The molecule has 0 aliphatic heterocycles. The molecule has 0 unspecified atom stereocenters. The Hall–Kier alpha value is -1.04. The van der Waals surface area contributed by atoms with Gasteiger partial charge >= 0.3 is 0 Å². The highest BCUT2D eigenvalue weighted by Crippen LogP contribution is 2.39. The van der Waals surface area contributed by atoms with E-state index in [4.69, 9.17) is 0 Å². The summed E-state index contributed by atoms with van der Waals surface area (Å²) in [7, 11) is 0. The van der Waals surface area contributed by atoms with Gasteiger partial charge in [0.15, 0.2) is 0 Å². The predicted octanol–water partition coefficient (Wildman–Crippen LogP) is 4.94. The van der Waals surface area contributed by atoms with E-state index in [1.807, 2.05) is 0 Å². The topological polar surface area (TPSA) is 0 Å². The van der Waals surface area contributed by atoms with E-state index >= 15 is 0 Å². The molecule has 0 heterocycles. The van der Waals surface area contributed by atoms with E-state index in [1.54, 1.807) is 27.8 Å². The van der Waals surface area contributed by atoms with Crippen molar-refractivity contribution in [2.75, 3.05) is 0 Å². The highest BCUT2D eigenvalue weighted by molar-refractivity contribution is 5.78. The number of rotatable bonds is 4. The van der Waals surface area contributed by atoms with Crippen LogP contribution in [0.25, 0.3) is 5.57 Å². The molecule has 0 atom stereocenters. The number of allylic oxidation sites excluding steroid dienone is 2. The van der Waals surface area contributed by atoms with Crippen LogP contribution in [0.1, 0.15) is 62.8 Å². The third-order valence-electron chi connectivity index (χ3n) is 4.06. The van der Waals surface area contributed by atoms with Crippen molar-refractivity contribution in [2.45, 2.75) is 59.8 Å². The Bertz CT molecular complexity index is 449. The molecule has 0 amide bonds. The van der Waals surface area contributed by atoms with Gasteiger partial charge < -0.3 is 0 Å². The molecule has 0 heteroatoms. The van der Waals surface area contributed by atoms with E-state index in [0.717, 1.165) is 12.8 Å². The zero-order valence-electron chi connectivity index (χ0n) is 11.7. The number of hydrogen-bond acceptors (Lipinski definition) is 0. The summed E-state index contributed by atoms with van der Waals surface area (Å²) in [6.07, 6.45) is 5.92. The fourth-order valence-corrected chi connectivity index (χ4v) is 3.13. The first-order valence-corrected chi connectivity index (χ1v) is 7.10. The van der Waals surface area contributed by atoms with Crippen molar-refractivity contribution < 1.29 is 0 Å². The minimum atomic E-state index is 1.16. The van der Waals surface area contributed by atoms with E-state index < -0.39 is 0 Å². The molecule has 1 aromatic rings. The smallest absolute Gasteiger partial charge is 0.00549 e. The molecule has 92 valence electrons. The van der Waals surface area contributed by atoms with Crippen molar-refractivity contribution in [3.05, 3.63) is 40.0 Å². The second-order valence-corrected chi connectivity index (χ2v) is 4.96. The van der Waals surface area contributed by atoms with Crippen LogP contribution in [0.4, 0.5) is 0 Å². The lowest BCUT2D eigenvalue weighted by Gasteiger charge is -2.12. The summed E-state index contributed by atoms with van der Waals surface area (Å²) in [5.41, 5.74) is 9.58. The summed E-state index contributed by atoms with van der Waals surface area (Å²) in [5.74, 6) is 0. The van der Waals surface area contributed by atoms with Gasteiger partial charge in [0.1, 0.15) is 0 Å². The van der Waals surface area contributed by atoms with Crippen LogP contribution >= 0.6 is 0 Å². The standard InChI is InChI=1S/C17H24/c1-5-12-9-14(7-3)17-15(10-12)11-13(6-2)16(17)8-4/h9-10H,5-8,11H2,1-4H3. The average Bonchev–Trinajstić information content (AvgIpc) is 2.74. The summed E-state index contributed by atoms with van der Waals surface area (Å²) in [6, 6.07) is 4.86. The molecule has 0 nitrogen and oxygen atoms in total. The van der Waals surface area contributed by atoms with Gasteiger partial charge in [0.25, 0.3) is 0 Å². The van der Waals surface area contributed by atoms with Crippen LogP contribution in [-0.2, 0) is 19.3 Å². The second kappa shape index (κ2) is 5.08.